The van der Waals surface area contributed by atoms with E-state index in [0.717, 1.165) is 44.9 Å². The molecule has 2 atom stereocenters. The highest BCUT2D eigenvalue weighted by Crippen LogP contribution is 2.15. The average molecular weight is 850 g/mol. The molecule has 60 heavy (non-hydrogen) atoms. The molecule has 0 aliphatic carbocycles. The first kappa shape index (κ1) is 57.8. The number of carboxylic acid groups (broad SMARTS) is 1. The largest absolute Gasteiger partial charge is 0.545 e. The number of carbonyl (C=O) groups is 3. The highest BCUT2D eigenvalue weighted by molar-refractivity contribution is 5.70. The first-order chi connectivity index (χ1) is 29.1. The molecule has 0 saturated heterocycles. The molecule has 0 saturated carbocycles. The molecule has 2 unspecified atom stereocenters. The minimum atomic E-state index is -1.62. The molecule has 0 radical (unpaired) electrons. The average Bonchev–Trinajstić information content (AvgIpc) is 3.21. The van der Waals surface area contributed by atoms with E-state index in [2.05, 4.69) is 38.2 Å². The Morgan fingerprint density at radius 1 is 0.500 bits per heavy atom. The predicted octanol–water partition coefficient (Wildman–Crippen LogP) is 12.3. The lowest BCUT2D eigenvalue weighted by atomic mass is 10.0. The number of aliphatic carboxylic acids is 1. The number of allylic oxidation sites excluding steroid dienone is 4. The van der Waals surface area contributed by atoms with Crippen molar-refractivity contribution in [3.63, 3.8) is 0 Å². The number of hydrogen-bond acceptors (Lipinski definition) is 8. The highest BCUT2D eigenvalue weighted by atomic mass is 16.7. The maximum absolute atomic E-state index is 12.8. The van der Waals surface area contributed by atoms with Gasteiger partial charge in [-0.2, -0.15) is 0 Å². The topological polar surface area (TPSA) is 111 Å². The van der Waals surface area contributed by atoms with Gasteiger partial charge in [-0.25, -0.2) is 0 Å². The van der Waals surface area contributed by atoms with Crippen LogP contribution in [0, 0.1) is 0 Å². The Morgan fingerprint density at radius 3 is 1.32 bits per heavy atom. The molecule has 0 aliphatic heterocycles. The molecular formula is C51H95NO8. The fourth-order valence-electron chi connectivity index (χ4n) is 7.04. The van der Waals surface area contributed by atoms with Gasteiger partial charge in [0.15, 0.2) is 12.4 Å². The smallest absolute Gasteiger partial charge is 0.306 e. The number of quaternary nitrogens is 1. The lowest BCUT2D eigenvalue weighted by Gasteiger charge is -2.26. The number of unbranched alkanes of at least 4 members (excludes halogenated alkanes) is 27. The zero-order valence-corrected chi connectivity index (χ0v) is 39.8. The number of hydrogen-bond donors (Lipinski definition) is 0. The normalized spacial score (nSPS) is 13.0. The summed E-state index contributed by atoms with van der Waals surface area (Å²) in [6.45, 7) is 4.74. The first-order valence-corrected chi connectivity index (χ1v) is 25.0. The fourth-order valence-corrected chi connectivity index (χ4v) is 7.04. The Kier molecular flexibility index (Phi) is 41.8. The van der Waals surface area contributed by atoms with Gasteiger partial charge < -0.3 is 33.3 Å². The zero-order chi connectivity index (χ0) is 44.2. The van der Waals surface area contributed by atoms with Gasteiger partial charge in [0.25, 0.3) is 0 Å². The van der Waals surface area contributed by atoms with Crippen molar-refractivity contribution < 1.29 is 42.9 Å². The van der Waals surface area contributed by atoms with Crippen molar-refractivity contribution >= 4 is 17.9 Å². The molecule has 0 aliphatic rings. The van der Waals surface area contributed by atoms with E-state index in [1.54, 1.807) is 0 Å². The van der Waals surface area contributed by atoms with Crippen LogP contribution >= 0.6 is 0 Å². The SMILES string of the molecule is CCCCCCC/C=C\C/C=C\CCCCCCCCCCCCCC(=O)OC(COC(=O)CCCCCCCCCCCCCC)COC(OCC[N+](C)(C)C)C(=O)[O-]. The van der Waals surface area contributed by atoms with Crippen LogP contribution < -0.4 is 5.11 Å². The van der Waals surface area contributed by atoms with Gasteiger partial charge in [0.2, 0.25) is 0 Å². The Balaban J connectivity index is 4.28. The number of carbonyl (C=O) groups excluding carboxylic acids is 3. The fraction of sp³-hybridized carbons (Fsp3) is 0.863. The number of carboxylic acids is 1. The summed E-state index contributed by atoms with van der Waals surface area (Å²) < 4.78 is 22.6. The van der Waals surface area contributed by atoms with Crippen molar-refractivity contribution in [1.82, 2.24) is 0 Å². The van der Waals surface area contributed by atoms with E-state index in [1.165, 1.54) is 148 Å². The minimum Gasteiger partial charge on any atom is -0.545 e. The summed E-state index contributed by atoms with van der Waals surface area (Å²) in [5, 5.41) is 11.7. The van der Waals surface area contributed by atoms with Crippen LogP contribution in [-0.4, -0.2) is 82.3 Å². The summed E-state index contributed by atoms with van der Waals surface area (Å²) in [6.07, 6.45) is 44.9. The molecule has 0 N–H and O–H groups in total. The molecule has 0 bridgehead atoms. The van der Waals surface area contributed by atoms with Crippen LogP contribution in [0.15, 0.2) is 24.3 Å². The van der Waals surface area contributed by atoms with Gasteiger partial charge in [-0.3, -0.25) is 9.59 Å². The number of nitrogens with zero attached hydrogens (tertiary/aromatic N) is 1. The van der Waals surface area contributed by atoms with Gasteiger partial charge in [0.1, 0.15) is 13.2 Å². The molecule has 0 spiro atoms. The van der Waals surface area contributed by atoms with Gasteiger partial charge in [-0.1, -0.05) is 192 Å². The molecule has 0 amide bonds. The van der Waals surface area contributed by atoms with Crippen molar-refractivity contribution in [3.8, 4) is 0 Å². The van der Waals surface area contributed by atoms with Crippen LogP contribution in [0.1, 0.15) is 226 Å². The molecule has 9 nitrogen and oxygen atoms in total. The first-order valence-electron chi connectivity index (χ1n) is 25.0. The maximum atomic E-state index is 12.8. The van der Waals surface area contributed by atoms with Gasteiger partial charge >= 0.3 is 11.9 Å². The third-order valence-corrected chi connectivity index (χ3v) is 11.0. The van der Waals surface area contributed by atoms with Crippen molar-refractivity contribution in [2.45, 2.75) is 238 Å². The standard InChI is InChI=1S/C51H95NO8/c1-6-8-10-12-14-16-18-20-21-22-23-24-25-26-27-28-29-30-32-34-36-38-40-42-49(54)60-47(46-59-51(50(55)56)57-44-43-52(3,4)5)45-58-48(53)41-39-37-35-33-31-19-17-15-13-11-9-7-2/h18,20,22-23,47,51H,6-17,19,21,24-46H2,1-5H3/b20-18-,23-22-. The lowest BCUT2D eigenvalue weighted by molar-refractivity contribution is -0.870. The molecule has 0 fully saturated rings. The van der Waals surface area contributed by atoms with Crippen LogP contribution in [-0.2, 0) is 33.3 Å². The van der Waals surface area contributed by atoms with Crippen molar-refractivity contribution in [3.05, 3.63) is 24.3 Å². The summed E-state index contributed by atoms with van der Waals surface area (Å²) in [5.74, 6) is -2.28. The third kappa shape index (κ3) is 43.8. The van der Waals surface area contributed by atoms with Gasteiger partial charge in [0, 0.05) is 12.8 Å². The summed E-state index contributed by atoms with van der Waals surface area (Å²) in [4.78, 5) is 37.0. The quantitative estimate of drug-likeness (QED) is 0.0196. The Hall–Kier alpha value is -2.23. The van der Waals surface area contributed by atoms with Crippen molar-refractivity contribution in [2.75, 3.05) is 47.5 Å². The third-order valence-electron chi connectivity index (χ3n) is 11.0. The zero-order valence-electron chi connectivity index (χ0n) is 39.8. The maximum Gasteiger partial charge on any atom is 0.306 e. The molecule has 9 heteroatoms. The van der Waals surface area contributed by atoms with Gasteiger partial charge in [-0.05, 0) is 44.9 Å². The number of rotatable bonds is 46. The van der Waals surface area contributed by atoms with Gasteiger partial charge in [0.05, 0.1) is 40.3 Å². The molecule has 0 aromatic carbocycles. The second-order valence-corrected chi connectivity index (χ2v) is 18.1. The minimum absolute atomic E-state index is 0.149. The molecule has 0 heterocycles. The van der Waals surface area contributed by atoms with E-state index < -0.39 is 24.3 Å². The van der Waals surface area contributed by atoms with E-state index >= 15 is 0 Å². The van der Waals surface area contributed by atoms with Crippen LogP contribution in [0.5, 0.6) is 0 Å². The van der Waals surface area contributed by atoms with Crippen LogP contribution in [0.4, 0.5) is 0 Å². The van der Waals surface area contributed by atoms with E-state index in [4.69, 9.17) is 18.9 Å². The monoisotopic (exact) mass is 850 g/mol. The van der Waals surface area contributed by atoms with Gasteiger partial charge in [-0.15, -0.1) is 0 Å². The molecule has 0 aromatic rings. The number of ether oxygens (including phenoxy) is 4. The van der Waals surface area contributed by atoms with Crippen LogP contribution in [0.25, 0.3) is 0 Å². The molecule has 0 aromatic heterocycles. The van der Waals surface area contributed by atoms with Crippen LogP contribution in [0.2, 0.25) is 0 Å². The van der Waals surface area contributed by atoms with E-state index in [0.29, 0.717) is 23.9 Å². The lowest BCUT2D eigenvalue weighted by Crippen LogP contribution is -2.44. The molecule has 0 rings (SSSR count). The second-order valence-electron chi connectivity index (χ2n) is 18.1. The highest BCUT2D eigenvalue weighted by Gasteiger charge is 2.22. The van der Waals surface area contributed by atoms with E-state index in [1.807, 2.05) is 21.1 Å². The van der Waals surface area contributed by atoms with E-state index in [9.17, 15) is 19.5 Å². The predicted molar refractivity (Wildman–Crippen MR) is 246 cm³/mol. The Morgan fingerprint density at radius 2 is 0.900 bits per heavy atom. The molecular weight excluding hydrogens is 755 g/mol. The number of likely N-dealkylation sites (N-methyl/N-ethyl adjacent to an activating group) is 1. The van der Waals surface area contributed by atoms with E-state index in [-0.39, 0.29) is 32.2 Å². The summed E-state index contributed by atoms with van der Waals surface area (Å²) in [5.41, 5.74) is 0. The Labute approximate surface area is 369 Å². The van der Waals surface area contributed by atoms with Crippen molar-refractivity contribution in [1.29, 1.82) is 0 Å². The van der Waals surface area contributed by atoms with Crippen molar-refractivity contribution in [2.24, 2.45) is 0 Å². The second kappa shape index (κ2) is 43.4. The summed E-state index contributed by atoms with van der Waals surface area (Å²) in [6, 6.07) is 0. The Bertz CT molecular complexity index is 1040. The molecule has 352 valence electrons. The summed E-state index contributed by atoms with van der Waals surface area (Å²) >= 11 is 0. The summed E-state index contributed by atoms with van der Waals surface area (Å²) in [7, 11) is 5.91. The van der Waals surface area contributed by atoms with Crippen LogP contribution in [0.3, 0.4) is 0 Å². The number of esters is 2.